The summed E-state index contributed by atoms with van der Waals surface area (Å²) in [5.74, 6) is 0.685. The molecule has 0 radical (unpaired) electrons. The highest BCUT2D eigenvalue weighted by Crippen LogP contribution is 2.15. The molecule has 2 rings (SSSR count). The highest BCUT2D eigenvalue weighted by molar-refractivity contribution is 14.1. The summed E-state index contributed by atoms with van der Waals surface area (Å²) in [5, 5.41) is 2.83. The number of hydrogen-bond donors (Lipinski definition) is 1. The largest absolute Gasteiger partial charge is 0.493 e. The Kier molecular flexibility index (Phi) is 7.02. The molecule has 0 aliphatic heterocycles. The van der Waals surface area contributed by atoms with Crippen molar-refractivity contribution in [3.05, 3.63) is 63.0 Å². The van der Waals surface area contributed by atoms with Gasteiger partial charge < -0.3 is 10.1 Å². The zero-order chi connectivity index (χ0) is 17.5. The Morgan fingerprint density at radius 3 is 2.58 bits per heavy atom. The third kappa shape index (κ3) is 5.78. The van der Waals surface area contributed by atoms with Crippen LogP contribution in [-0.2, 0) is 6.42 Å². The molecule has 5 heteroatoms. The Bertz CT molecular complexity index is 686. The summed E-state index contributed by atoms with van der Waals surface area (Å²) in [5.41, 5.74) is 1.48. The molecule has 0 unspecified atom stereocenters. The number of carbonyl (C=O) groups excluding carboxylic acids is 1. The number of ether oxygens (including phenoxy) is 1. The highest BCUT2D eigenvalue weighted by atomic mass is 127. The predicted molar refractivity (Wildman–Crippen MR) is 102 cm³/mol. The fourth-order valence-corrected chi connectivity index (χ4v) is 2.68. The fourth-order valence-electron chi connectivity index (χ4n) is 2.10. The van der Waals surface area contributed by atoms with Gasteiger partial charge in [0.1, 0.15) is 11.6 Å². The van der Waals surface area contributed by atoms with Gasteiger partial charge in [-0.3, -0.25) is 4.79 Å². The summed E-state index contributed by atoms with van der Waals surface area (Å²) in [4.78, 5) is 12.1. The van der Waals surface area contributed by atoms with Crippen LogP contribution in [0.2, 0.25) is 0 Å². The van der Waals surface area contributed by atoms with Gasteiger partial charge in [-0.15, -0.1) is 0 Å². The van der Waals surface area contributed by atoms with Crippen LogP contribution < -0.4 is 10.1 Å². The molecule has 0 atom stereocenters. The topological polar surface area (TPSA) is 38.3 Å². The van der Waals surface area contributed by atoms with Gasteiger partial charge in [-0.25, -0.2) is 4.39 Å². The van der Waals surface area contributed by atoms with Gasteiger partial charge in [-0.1, -0.05) is 26.0 Å². The Morgan fingerprint density at radius 1 is 1.21 bits per heavy atom. The van der Waals surface area contributed by atoms with Crippen LogP contribution in [0.25, 0.3) is 0 Å². The first-order chi connectivity index (χ1) is 11.5. The van der Waals surface area contributed by atoms with Crippen LogP contribution in [0.3, 0.4) is 0 Å². The summed E-state index contributed by atoms with van der Waals surface area (Å²) >= 11 is 2.03. The van der Waals surface area contributed by atoms with Crippen molar-refractivity contribution in [3.63, 3.8) is 0 Å². The van der Waals surface area contributed by atoms with Crippen LogP contribution in [0.1, 0.15) is 29.8 Å². The Labute approximate surface area is 155 Å². The monoisotopic (exact) mass is 441 g/mol. The lowest BCUT2D eigenvalue weighted by atomic mass is 10.1. The molecule has 0 aliphatic carbocycles. The summed E-state index contributed by atoms with van der Waals surface area (Å²) < 4.78 is 19.6. The van der Waals surface area contributed by atoms with E-state index in [4.69, 9.17) is 4.74 Å². The first-order valence-electron chi connectivity index (χ1n) is 7.90. The van der Waals surface area contributed by atoms with Gasteiger partial charge in [0.25, 0.3) is 5.91 Å². The second-order valence-electron chi connectivity index (χ2n) is 5.98. The van der Waals surface area contributed by atoms with Gasteiger partial charge in [-0.2, -0.15) is 0 Å². The van der Waals surface area contributed by atoms with Gasteiger partial charge in [0, 0.05) is 10.1 Å². The Hall–Kier alpha value is -1.63. The quantitative estimate of drug-likeness (QED) is 0.646. The molecule has 0 fully saturated rings. The van der Waals surface area contributed by atoms with Crippen molar-refractivity contribution in [1.29, 1.82) is 0 Å². The fraction of sp³-hybridized carbons (Fsp3) is 0.316. The van der Waals surface area contributed by atoms with Crippen LogP contribution in [0, 0.1) is 15.3 Å². The first-order valence-corrected chi connectivity index (χ1v) is 8.98. The van der Waals surface area contributed by atoms with E-state index >= 15 is 0 Å². The molecule has 0 heterocycles. The smallest absolute Gasteiger partial charge is 0.252 e. The molecule has 24 heavy (non-hydrogen) atoms. The van der Waals surface area contributed by atoms with E-state index in [1.807, 2.05) is 46.9 Å². The SMILES string of the molecule is CC(C)COc1ccc(CCNC(=O)c2cc(F)ccc2I)cc1. The third-order valence-corrected chi connectivity index (χ3v) is 4.32. The summed E-state index contributed by atoms with van der Waals surface area (Å²) in [6, 6.07) is 12.1. The highest BCUT2D eigenvalue weighted by Gasteiger charge is 2.10. The molecular formula is C19H21FINO2. The van der Waals surface area contributed by atoms with Crippen LogP contribution in [0.5, 0.6) is 5.75 Å². The van der Waals surface area contributed by atoms with E-state index in [9.17, 15) is 9.18 Å². The molecule has 0 aromatic heterocycles. The average molecular weight is 441 g/mol. The molecule has 0 bridgehead atoms. The van der Waals surface area contributed by atoms with Crippen LogP contribution in [-0.4, -0.2) is 19.1 Å². The van der Waals surface area contributed by atoms with Crippen molar-refractivity contribution in [2.24, 2.45) is 5.92 Å². The standard InChI is InChI=1S/C19H21FINO2/c1-13(2)12-24-16-6-3-14(4-7-16)9-10-22-19(23)17-11-15(20)5-8-18(17)21/h3-8,11,13H,9-10,12H2,1-2H3,(H,22,23). The lowest BCUT2D eigenvalue weighted by molar-refractivity contribution is 0.0953. The maximum absolute atomic E-state index is 13.2. The van der Waals surface area contributed by atoms with Crippen molar-refractivity contribution in [2.75, 3.05) is 13.2 Å². The van der Waals surface area contributed by atoms with Gasteiger partial charge >= 0.3 is 0 Å². The number of amides is 1. The zero-order valence-electron chi connectivity index (χ0n) is 13.8. The van der Waals surface area contributed by atoms with E-state index in [0.717, 1.165) is 14.9 Å². The van der Waals surface area contributed by atoms with Gasteiger partial charge in [0.05, 0.1) is 12.2 Å². The van der Waals surface area contributed by atoms with Crippen molar-refractivity contribution < 1.29 is 13.9 Å². The number of benzene rings is 2. The molecule has 0 spiro atoms. The summed E-state index contributed by atoms with van der Waals surface area (Å²) in [7, 11) is 0. The zero-order valence-corrected chi connectivity index (χ0v) is 16.0. The normalized spacial score (nSPS) is 10.7. The minimum Gasteiger partial charge on any atom is -0.493 e. The summed E-state index contributed by atoms with van der Waals surface area (Å²) in [6.45, 7) is 5.41. The van der Waals surface area contributed by atoms with E-state index in [2.05, 4.69) is 19.2 Å². The lowest BCUT2D eigenvalue weighted by Gasteiger charge is -2.10. The maximum Gasteiger partial charge on any atom is 0.252 e. The Morgan fingerprint density at radius 2 is 1.92 bits per heavy atom. The average Bonchev–Trinajstić information content (AvgIpc) is 2.56. The Balaban J connectivity index is 1.83. The van der Waals surface area contributed by atoms with E-state index in [-0.39, 0.29) is 5.91 Å². The number of hydrogen-bond acceptors (Lipinski definition) is 2. The molecule has 1 N–H and O–H groups in total. The maximum atomic E-state index is 13.2. The van der Waals surface area contributed by atoms with Gasteiger partial charge in [0.15, 0.2) is 0 Å². The van der Waals surface area contributed by atoms with E-state index in [1.54, 1.807) is 6.07 Å². The van der Waals surface area contributed by atoms with Crippen LogP contribution in [0.4, 0.5) is 4.39 Å². The minimum absolute atomic E-state index is 0.254. The van der Waals surface area contributed by atoms with Crippen molar-refractivity contribution in [3.8, 4) is 5.75 Å². The van der Waals surface area contributed by atoms with Crippen molar-refractivity contribution in [2.45, 2.75) is 20.3 Å². The summed E-state index contributed by atoms with van der Waals surface area (Å²) in [6.07, 6.45) is 0.710. The predicted octanol–water partition coefficient (Wildman–Crippen LogP) is 4.44. The van der Waals surface area contributed by atoms with Crippen molar-refractivity contribution in [1.82, 2.24) is 5.32 Å². The van der Waals surface area contributed by atoms with E-state index in [1.165, 1.54) is 12.1 Å². The van der Waals surface area contributed by atoms with Crippen molar-refractivity contribution >= 4 is 28.5 Å². The van der Waals surface area contributed by atoms with E-state index < -0.39 is 5.82 Å². The van der Waals surface area contributed by atoms with Gasteiger partial charge in [0.2, 0.25) is 0 Å². The minimum atomic E-state index is -0.405. The number of halogens is 2. The second-order valence-corrected chi connectivity index (χ2v) is 7.14. The third-order valence-electron chi connectivity index (χ3n) is 3.38. The first kappa shape index (κ1) is 18.7. The second kappa shape index (κ2) is 9.01. The molecule has 3 nitrogen and oxygen atoms in total. The molecule has 1 amide bonds. The molecule has 2 aromatic carbocycles. The molecule has 0 aliphatic rings. The molecular weight excluding hydrogens is 420 g/mol. The number of rotatable bonds is 7. The molecule has 2 aromatic rings. The van der Waals surface area contributed by atoms with Gasteiger partial charge in [-0.05, 0) is 70.8 Å². The van der Waals surface area contributed by atoms with Crippen LogP contribution in [0.15, 0.2) is 42.5 Å². The van der Waals surface area contributed by atoms with Crippen LogP contribution >= 0.6 is 22.6 Å². The number of carbonyl (C=O) groups is 1. The molecule has 128 valence electrons. The molecule has 0 saturated carbocycles. The number of nitrogens with one attached hydrogen (secondary N) is 1. The lowest BCUT2D eigenvalue weighted by Crippen LogP contribution is -2.26. The van der Waals surface area contributed by atoms with E-state index in [0.29, 0.717) is 31.1 Å². The molecule has 0 saturated heterocycles.